The van der Waals surface area contributed by atoms with Crippen molar-refractivity contribution in [3.05, 3.63) is 29.6 Å². The second kappa shape index (κ2) is 5.38. The van der Waals surface area contributed by atoms with Crippen molar-refractivity contribution in [3.63, 3.8) is 0 Å². The van der Waals surface area contributed by atoms with Gasteiger partial charge in [-0.05, 0) is 19.1 Å². The highest BCUT2D eigenvalue weighted by atomic mass is 16.5. The predicted octanol–water partition coefficient (Wildman–Crippen LogP) is 1.38. The molecule has 0 aliphatic carbocycles. The molecule has 1 amide bonds. The number of aromatic nitrogens is 3. The lowest BCUT2D eigenvalue weighted by Gasteiger charge is -2.11. The van der Waals surface area contributed by atoms with Gasteiger partial charge >= 0.3 is 0 Å². The molecule has 0 aliphatic rings. The fourth-order valence-electron chi connectivity index (χ4n) is 1.64. The van der Waals surface area contributed by atoms with Gasteiger partial charge in [-0.3, -0.25) is 15.2 Å². The van der Waals surface area contributed by atoms with Gasteiger partial charge < -0.3 is 9.47 Å². The molecule has 1 aromatic carbocycles. The molecule has 0 bridgehead atoms. The number of nitrogens with zero attached hydrogens (tertiary/aromatic N) is 2. The van der Waals surface area contributed by atoms with Crippen LogP contribution in [-0.2, 0) is 0 Å². The summed E-state index contributed by atoms with van der Waals surface area (Å²) >= 11 is 0. The highest BCUT2D eigenvalue weighted by Crippen LogP contribution is 2.28. The molecule has 0 atom stereocenters. The number of benzene rings is 1. The molecule has 0 saturated heterocycles. The summed E-state index contributed by atoms with van der Waals surface area (Å²) in [4.78, 5) is 16.2. The second-order valence-electron chi connectivity index (χ2n) is 3.74. The maximum absolute atomic E-state index is 12.2. The van der Waals surface area contributed by atoms with Crippen LogP contribution in [0, 0.1) is 6.92 Å². The van der Waals surface area contributed by atoms with Gasteiger partial charge in [-0.25, -0.2) is 0 Å². The van der Waals surface area contributed by atoms with Crippen LogP contribution in [0.15, 0.2) is 18.2 Å². The number of aryl methyl sites for hydroxylation is 1. The molecule has 0 spiro atoms. The summed E-state index contributed by atoms with van der Waals surface area (Å²) in [6.45, 7) is 1.74. The van der Waals surface area contributed by atoms with E-state index in [0.717, 1.165) is 0 Å². The number of rotatable bonds is 4. The summed E-state index contributed by atoms with van der Waals surface area (Å²) in [5, 5.41) is 9.06. The minimum absolute atomic E-state index is 0.204. The number of nitrogens with one attached hydrogen (secondary N) is 2. The van der Waals surface area contributed by atoms with Crippen molar-refractivity contribution in [1.82, 2.24) is 15.2 Å². The fourth-order valence-corrected chi connectivity index (χ4v) is 1.64. The molecule has 0 fully saturated rings. The Morgan fingerprint density at radius 1 is 1.26 bits per heavy atom. The van der Waals surface area contributed by atoms with E-state index >= 15 is 0 Å². The molecular weight excluding hydrogens is 248 g/mol. The molecule has 100 valence electrons. The normalized spacial score (nSPS) is 10.1. The number of amides is 1. The van der Waals surface area contributed by atoms with Crippen molar-refractivity contribution >= 4 is 11.9 Å². The Labute approximate surface area is 110 Å². The Kier molecular flexibility index (Phi) is 3.65. The molecule has 7 nitrogen and oxygen atoms in total. The molecular formula is C12H14N4O3. The van der Waals surface area contributed by atoms with Crippen LogP contribution in [0.5, 0.6) is 11.5 Å². The van der Waals surface area contributed by atoms with Gasteiger partial charge in [-0.1, -0.05) is 6.07 Å². The number of aromatic amines is 1. The average Bonchev–Trinajstić information content (AvgIpc) is 2.82. The second-order valence-corrected chi connectivity index (χ2v) is 3.74. The number of ether oxygens (including phenoxy) is 2. The van der Waals surface area contributed by atoms with E-state index in [1.807, 2.05) is 0 Å². The Bertz CT molecular complexity index is 572. The van der Waals surface area contributed by atoms with E-state index in [1.54, 1.807) is 25.1 Å². The van der Waals surface area contributed by atoms with E-state index < -0.39 is 5.91 Å². The van der Waals surface area contributed by atoms with Crippen molar-refractivity contribution in [2.75, 3.05) is 19.5 Å². The topological polar surface area (TPSA) is 89.1 Å². The minimum atomic E-state index is -0.395. The van der Waals surface area contributed by atoms with Crippen molar-refractivity contribution < 1.29 is 14.3 Å². The molecule has 0 unspecified atom stereocenters. The number of anilines is 1. The highest BCUT2D eigenvalue weighted by Gasteiger charge is 2.19. The van der Waals surface area contributed by atoms with Crippen LogP contribution in [0.4, 0.5) is 5.95 Å². The van der Waals surface area contributed by atoms with E-state index in [0.29, 0.717) is 22.9 Å². The SMILES string of the molecule is COc1cccc(OC)c1C(=O)Nc1n[nH]c(C)n1. The standard InChI is InChI=1S/C12H14N4O3/c1-7-13-12(16-15-7)14-11(17)10-8(18-2)5-4-6-9(10)19-3/h4-6H,1-3H3,(H2,13,14,15,16,17). The van der Waals surface area contributed by atoms with E-state index in [-0.39, 0.29) is 5.95 Å². The summed E-state index contributed by atoms with van der Waals surface area (Å²) in [7, 11) is 2.98. The number of H-pyrrole nitrogens is 1. The third kappa shape index (κ3) is 2.65. The van der Waals surface area contributed by atoms with Crippen molar-refractivity contribution in [3.8, 4) is 11.5 Å². The number of hydrogen-bond acceptors (Lipinski definition) is 5. The van der Waals surface area contributed by atoms with Gasteiger partial charge in [0, 0.05) is 0 Å². The first kappa shape index (κ1) is 12.9. The molecule has 2 aromatic rings. The van der Waals surface area contributed by atoms with Gasteiger partial charge in [-0.2, -0.15) is 4.98 Å². The zero-order valence-electron chi connectivity index (χ0n) is 10.9. The van der Waals surface area contributed by atoms with Crippen molar-refractivity contribution in [1.29, 1.82) is 0 Å². The molecule has 0 saturated carbocycles. The lowest BCUT2D eigenvalue weighted by atomic mass is 10.1. The van der Waals surface area contributed by atoms with Gasteiger partial charge in [0.2, 0.25) is 5.95 Å². The number of methoxy groups -OCH3 is 2. The lowest BCUT2D eigenvalue weighted by Crippen LogP contribution is -2.15. The van der Waals surface area contributed by atoms with Gasteiger partial charge in [0.15, 0.2) is 0 Å². The molecule has 19 heavy (non-hydrogen) atoms. The van der Waals surface area contributed by atoms with Crippen LogP contribution in [0.1, 0.15) is 16.2 Å². The number of carbonyl (C=O) groups excluding carboxylic acids is 1. The highest BCUT2D eigenvalue weighted by molar-refractivity contribution is 6.07. The first-order valence-electron chi connectivity index (χ1n) is 5.57. The minimum Gasteiger partial charge on any atom is -0.496 e. The maximum Gasteiger partial charge on any atom is 0.265 e. The molecule has 1 heterocycles. The molecule has 1 aromatic heterocycles. The number of hydrogen-bond donors (Lipinski definition) is 2. The molecule has 0 aliphatic heterocycles. The maximum atomic E-state index is 12.2. The van der Waals surface area contributed by atoms with Crippen LogP contribution in [0.25, 0.3) is 0 Å². The Balaban J connectivity index is 2.32. The molecule has 2 N–H and O–H groups in total. The quantitative estimate of drug-likeness (QED) is 0.869. The lowest BCUT2D eigenvalue weighted by molar-refractivity contribution is 0.102. The van der Waals surface area contributed by atoms with Crippen molar-refractivity contribution in [2.24, 2.45) is 0 Å². The van der Waals surface area contributed by atoms with E-state index in [2.05, 4.69) is 20.5 Å². The van der Waals surface area contributed by atoms with Crippen LogP contribution >= 0.6 is 0 Å². The number of carbonyl (C=O) groups is 1. The third-order valence-corrected chi connectivity index (χ3v) is 2.48. The largest absolute Gasteiger partial charge is 0.496 e. The monoisotopic (exact) mass is 262 g/mol. The van der Waals surface area contributed by atoms with Crippen LogP contribution < -0.4 is 14.8 Å². The van der Waals surface area contributed by atoms with E-state index in [4.69, 9.17) is 9.47 Å². The van der Waals surface area contributed by atoms with Crippen LogP contribution in [0.2, 0.25) is 0 Å². The predicted molar refractivity (Wildman–Crippen MR) is 68.6 cm³/mol. The van der Waals surface area contributed by atoms with Gasteiger partial charge in [-0.15, -0.1) is 5.10 Å². The van der Waals surface area contributed by atoms with E-state index in [9.17, 15) is 4.79 Å². The first-order valence-corrected chi connectivity index (χ1v) is 5.57. The summed E-state index contributed by atoms with van der Waals surface area (Å²) in [5.41, 5.74) is 0.301. The van der Waals surface area contributed by atoms with Crippen LogP contribution in [-0.4, -0.2) is 35.3 Å². The smallest absolute Gasteiger partial charge is 0.265 e. The summed E-state index contributed by atoms with van der Waals surface area (Å²) in [5.74, 6) is 1.26. The zero-order valence-corrected chi connectivity index (χ0v) is 10.9. The van der Waals surface area contributed by atoms with Crippen LogP contribution in [0.3, 0.4) is 0 Å². The molecule has 2 rings (SSSR count). The molecule has 0 radical (unpaired) electrons. The van der Waals surface area contributed by atoms with Gasteiger partial charge in [0.25, 0.3) is 5.91 Å². The summed E-state index contributed by atoms with van der Waals surface area (Å²) in [6, 6.07) is 5.10. The third-order valence-electron chi connectivity index (χ3n) is 2.48. The fraction of sp³-hybridized carbons (Fsp3) is 0.250. The molecule has 7 heteroatoms. The Morgan fingerprint density at radius 3 is 2.37 bits per heavy atom. The average molecular weight is 262 g/mol. The van der Waals surface area contributed by atoms with Crippen molar-refractivity contribution in [2.45, 2.75) is 6.92 Å². The first-order chi connectivity index (χ1) is 9.15. The Hall–Kier alpha value is -2.57. The van der Waals surface area contributed by atoms with E-state index in [1.165, 1.54) is 14.2 Å². The zero-order chi connectivity index (χ0) is 13.8. The summed E-state index contributed by atoms with van der Waals surface area (Å²) in [6.07, 6.45) is 0. The summed E-state index contributed by atoms with van der Waals surface area (Å²) < 4.78 is 10.3. The van der Waals surface area contributed by atoms with Gasteiger partial charge in [0.05, 0.1) is 14.2 Å². The Morgan fingerprint density at radius 2 is 1.89 bits per heavy atom. The van der Waals surface area contributed by atoms with Gasteiger partial charge in [0.1, 0.15) is 22.9 Å².